The second-order valence-electron chi connectivity index (χ2n) is 9.05. The van der Waals surface area contributed by atoms with Gasteiger partial charge in [-0.1, -0.05) is 54.1 Å². The van der Waals surface area contributed by atoms with Crippen molar-refractivity contribution in [3.8, 4) is 34.1 Å². The molecule has 222 valence electrons. The highest BCUT2D eigenvalue weighted by molar-refractivity contribution is 6.29. The first-order chi connectivity index (χ1) is 21.0. The van der Waals surface area contributed by atoms with Gasteiger partial charge in [0.15, 0.2) is 5.75 Å². The van der Waals surface area contributed by atoms with Gasteiger partial charge in [0.25, 0.3) is 0 Å². The molecule has 0 saturated heterocycles. The molecule has 0 aliphatic rings. The summed E-state index contributed by atoms with van der Waals surface area (Å²) >= 11 is 5.67. The Morgan fingerprint density at radius 1 is 0.568 bits per heavy atom. The van der Waals surface area contributed by atoms with E-state index in [2.05, 4.69) is 24.9 Å². The Bertz CT molecular complexity index is 1880. The Balaban J connectivity index is 0.000000195. The summed E-state index contributed by atoms with van der Waals surface area (Å²) in [6.07, 6.45) is -4.47. The zero-order valence-electron chi connectivity index (χ0n) is 22.2. The molecule has 0 radical (unpaired) electrons. The first-order valence-corrected chi connectivity index (χ1v) is 13.0. The molecule has 0 aliphatic carbocycles. The van der Waals surface area contributed by atoms with Crippen LogP contribution < -0.4 is 4.74 Å². The van der Waals surface area contributed by atoms with Crippen LogP contribution in [0.2, 0.25) is 5.15 Å². The molecule has 0 N–H and O–H groups in total. The van der Waals surface area contributed by atoms with Crippen molar-refractivity contribution >= 4 is 22.5 Å². The van der Waals surface area contributed by atoms with Gasteiger partial charge < -0.3 is 4.74 Å². The summed E-state index contributed by atoms with van der Waals surface area (Å²) < 4.78 is 81.0. The van der Waals surface area contributed by atoms with Crippen LogP contribution in [-0.2, 0) is 12.4 Å². The summed E-state index contributed by atoms with van der Waals surface area (Å²) in [7, 11) is 0. The quantitative estimate of drug-likeness (QED) is 0.144. The van der Waals surface area contributed by atoms with Crippen molar-refractivity contribution in [2.45, 2.75) is 12.4 Å². The third-order valence-corrected chi connectivity index (χ3v) is 6.31. The lowest BCUT2D eigenvalue weighted by Crippen LogP contribution is -2.04. The highest BCUT2D eigenvalue weighted by atomic mass is 35.5. The first-order valence-electron chi connectivity index (χ1n) is 12.6. The number of benzene rings is 3. The lowest BCUT2D eigenvalue weighted by molar-refractivity contribution is -0.138. The fourth-order valence-corrected chi connectivity index (χ4v) is 4.12. The number of para-hydroxylation sites is 1. The van der Waals surface area contributed by atoms with Crippen molar-refractivity contribution in [3.05, 3.63) is 126 Å². The minimum Gasteiger partial charge on any atom is -0.437 e. The molecule has 0 bridgehead atoms. The topological polar surface area (TPSA) is 73.7 Å². The Morgan fingerprint density at radius 3 is 1.68 bits per heavy atom. The summed E-state index contributed by atoms with van der Waals surface area (Å²) in [6.45, 7) is 0. The zero-order valence-corrected chi connectivity index (χ0v) is 22.9. The minimum atomic E-state index is -4.38. The van der Waals surface area contributed by atoms with Crippen molar-refractivity contribution in [1.29, 1.82) is 0 Å². The fourth-order valence-electron chi connectivity index (χ4n) is 3.98. The number of aromatic nitrogens is 5. The molecule has 3 aromatic heterocycles. The van der Waals surface area contributed by atoms with E-state index in [9.17, 15) is 26.3 Å². The number of alkyl halides is 6. The SMILES string of the molecule is FC(F)(F)c1ccc(-c2cc(Cl)ncn2)cc1.FC(F)(F)c1ccc(-c2cc(Oc3cccc4cccnc34)ncn2)cc1. The number of halogens is 7. The predicted molar refractivity (Wildman–Crippen MR) is 152 cm³/mol. The Kier molecular flexibility index (Phi) is 8.72. The van der Waals surface area contributed by atoms with Gasteiger partial charge in [-0.2, -0.15) is 26.3 Å². The largest absolute Gasteiger partial charge is 0.437 e. The molecule has 13 heteroatoms. The second kappa shape index (κ2) is 12.6. The normalized spacial score (nSPS) is 11.5. The zero-order chi connectivity index (χ0) is 31.3. The summed E-state index contributed by atoms with van der Waals surface area (Å²) in [5.41, 5.74) is 1.32. The van der Waals surface area contributed by atoms with Gasteiger partial charge in [0.2, 0.25) is 5.88 Å². The Hall–Kier alpha value is -5.10. The molecule has 6 rings (SSSR count). The van der Waals surface area contributed by atoms with E-state index in [1.807, 2.05) is 24.3 Å². The van der Waals surface area contributed by atoms with Crippen LogP contribution in [0.25, 0.3) is 33.4 Å². The highest BCUT2D eigenvalue weighted by Crippen LogP contribution is 2.33. The standard InChI is InChI=1S/C20H12F3N3O.C11H6ClF3N2/c21-20(22,23)15-8-6-13(7-9-15)16-11-18(26-12-25-16)27-17-5-1-3-14-4-2-10-24-19(14)17;12-10-5-9(16-6-17-10)7-1-3-8(4-2-7)11(13,14)15/h1-12H;1-6H. The monoisotopic (exact) mass is 625 g/mol. The van der Waals surface area contributed by atoms with Gasteiger partial charge in [0.05, 0.1) is 22.5 Å². The lowest BCUT2D eigenvalue weighted by atomic mass is 10.1. The molecular weight excluding hydrogens is 608 g/mol. The van der Waals surface area contributed by atoms with Gasteiger partial charge in [-0.15, -0.1) is 0 Å². The molecule has 44 heavy (non-hydrogen) atoms. The molecule has 6 aromatic rings. The van der Waals surface area contributed by atoms with Crippen molar-refractivity contribution in [1.82, 2.24) is 24.9 Å². The number of hydrogen-bond acceptors (Lipinski definition) is 6. The van der Waals surface area contributed by atoms with Crippen LogP contribution in [0, 0.1) is 0 Å². The molecule has 6 nitrogen and oxygen atoms in total. The van der Waals surface area contributed by atoms with Gasteiger partial charge in [0, 0.05) is 34.8 Å². The van der Waals surface area contributed by atoms with E-state index in [0.29, 0.717) is 33.8 Å². The van der Waals surface area contributed by atoms with Gasteiger partial charge in [-0.25, -0.2) is 19.9 Å². The summed E-state index contributed by atoms with van der Waals surface area (Å²) in [4.78, 5) is 20.1. The van der Waals surface area contributed by atoms with Gasteiger partial charge in [-0.05, 0) is 36.4 Å². The number of nitrogens with zero attached hydrogens (tertiary/aromatic N) is 5. The van der Waals surface area contributed by atoms with Crippen LogP contribution in [0.4, 0.5) is 26.3 Å². The molecule has 3 aromatic carbocycles. The van der Waals surface area contributed by atoms with E-state index >= 15 is 0 Å². The maximum atomic E-state index is 12.7. The molecule has 0 unspecified atom stereocenters. The molecule has 0 aliphatic heterocycles. The summed E-state index contributed by atoms with van der Waals surface area (Å²) in [6, 6.07) is 21.8. The van der Waals surface area contributed by atoms with Gasteiger partial charge >= 0.3 is 12.4 Å². The van der Waals surface area contributed by atoms with E-state index in [-0.39, 0.29) is 11.0 Å². The van der Waals surface area contributed by atoms with Crippen LogP contribution in [0.3, 0.4) is 0 Å². The van der Waals surface area contributed by atoms with Gasteiger partial charge in [-0.3, -0.25) is 4.98 Å². The van der Waals surface area contributed by atoms with Crippen molar-refractivity contribution in [3.63, 3.8) is 0 Å². The minimum absolute atomic E-state index is 0.245. The molecule has 0 spiro atoms. The fraction of sp³-hybridized carbons (Fsp3) is 0.0645. The number of rotatable bonds is 4. The summed E-state index contributed by atoms with van der Waals surface area (Å²) in [5, 5.41) is 1.17. The average molecular weight is 626 g/mol. The van der Waals surface area contributed by atoms with Crippen LogP contribution in [0.15, 0.2) is 110 Å². The van der Waals surface area contributed by atoms with Crippen molar-refractivity contribution in [2.75, 3.05) is 0 Å². The van der Waals surface area contributed by atoms with E-state index in [1.54, 1.807) is 18.3 Å². The van der Waals surface area contributed by atoms with Crippen molar-refractivity contribution in [2.24, 2.45) is 0 Å². The Morgan fingerprint density at radius 2 is 1.11 bits per heavy atom. The molecule has 0 atom stereocenters. The summed E-state index contributed by atoms with van der Waals surface area (Å²) in [5.74, 6) is 0.809. The van der Waals surface area contributed by atoms with E-state index in [0.717, 1.165) is 29.7 Å². The number of hydrogen-bond donors (Lipinski definition) is 0. The van der Waals surface area contributed by atoms with E-state index in [1.165, 1.54) is 43.0 Å². The molecule has 0 saturated carbocycles. The highest BCUT2D eigenvalue weighted by Gasteiger charge is 2.30. The lowest BCUT2D eigenvalue weighted by Gasteiger charge is -2.09. The second-order valence-corrected chi connectivity index (χ2v) is 9.44. The molecule has 0 amide bonds. The maximum Gasteiger partial charge on any atom is 0.416 e. The van der Waals surface area contributed by atoms with E-state index in [4.69, 9.17) is 16.3 Å². The first kappa shape index (κ1) is 30.4. The van der Waals surface area contributed by atoms with Crippen LogP contribution in [-0.4, -0.2) is 24.9 Å². The van der Waals surface area contributed by atoms with Crippen LogP contribution in [0.5, 0.6) is 11.6 Å². The van der Waals surface area contributed by atoms with E-state index < -0.39 is 23.5 Å². The number of ether oxygens (including phenoxy) is 1. The number of fused-ring (bicyclic) bond motifs is 1. The predicted octanol–water partition coefficient (Wildman–Crippen LogP) is 9.32. The average Bonchev–Trinajstić information content (AvgIpc) is 3.01. The Labute approximate surface area is 251 Å². The third-order valence-electron chi connectivity index (χ3n) is 6.10. The molecular formula is C31H18ClF6N5O. The van der Waals surface area contributed by atoms with Crippen LogP contribution >= 0.6 is 11.6 Å². The number of pyridine rings is 1. The van der Waals surface area contributed by atoms with Gasteiger partial charge in [0.1, 0.15) is 23.3 Å². The molecule has 3 heterocycles. The van der Waals surface area contributed by atoms with Crippen molar-refractivity contribution < 1.29 is 31.1 Å². The maximum absolute atomic E-state index is 12.7. The third kappa shape index (κ3) is 7.45. The smallest absolute Gasteiger partial charge is 0.416 e. The van der Waals surface area contributed by atoms with Crippen LogP contribution in [0.1, 0.15) is 11.1 Å². The molecule has 0 fully saturated rings.